The van der Waals surface area contributed by atoms with Gasteiger partial charge in [-0.25, -0.2) is 0 Å². The first-order valence-electron chi connectivity index (χ1n) is 5.38. The first-order chi connectivity index (χ1) is 8.45. The average molecular weight is 247 g/mol. The lowest BCUT2D eigenvalue weighted by atomic mass is 10.1. The van der Waals surface area contributed by atoms with Crippen LogP contribution in [0.2, 0.25) is 0 Å². The molecule has 0 saturated carbocycles. The van der Waals surface area contributed by atoms with Gasteiger partial charge in [-0.15, -0.1) is 0 Å². The first-order valence-corrected chi connectivity index (χ1v) is 5.38. The Morgan fingerprint density at radius 1 is 1.61 bits per heavy atom. The van der Waals surface area contributed by atoms with E-state index < -0.39 is 10.8 Å². The van der Waals surface area contributed by atoms with Gasteiger partial charge in [-0.3, -0.25) is 14.9 Å². The molecule has 94 valence electrons. The summed E-state index contributed by atoms with van der Waals surface area (Å²) in [7, 11) is 0. The third kappa shape index (κ3) is 3.28. The highest BCUT2D eigenvalue weighted by Gasteiger charge is 2.15. The van der Waals surface area contributed by atoms with Crippen molar-refractivity contribution in [2.75, 3.05) is 6.54 Å². The number of nitrogens with one attached hydrogen (secondary N) is 1. The topological polar surface area (TPSA) is 96.0 Å². The Hall–Kier alpha value is -2.42. The van der Waals surface area contributed by atoms with E-state index in [2.05, 4.69) is 5.32 Å². The van der Waals surface area contributed by atoms with E-state index in [0.29, 0.717) is 5.56 Å². The van der Waals surface area contributed by atoms with Crippen LogP contribution in [0.3, 0.4) is 0 Å². The number of nitrogens with zero attached hydrogens (tertiary/aromatic N) is 2. The molecule has 0 saturated heterocycles. The number of nitro groups is 1. The van der Waals surface area contributed by atoms with E-state index >= 15 is 0 Å². The molecule has 1 amide bonds. The average Bonchev–Trinajstić information content (AvgIpc) is 2.35. The molecular formula is C12H13N3O3. The van der Waals surface area contributed by atoms with Crippen LogP contribution in [0, 0.1) is 34.3 Å². The highest BCUT2D eigenvalue weighted by Crippen LogP contribution is 2.19. The van der Waals surface area contributed by atoms with Crippen molar-refractivity contribution in [3.05, 3.63) is 39.4 Å². The van der Waals surface area contributed by atoms with Crippen molar-refractivity contribution >= 4 is 11.6 Å². The molecule has 0 spiro atoms. The fourth-order valence-corrected chi connectivity index (χ4v) is 1.34. The lowest BCUT2D eigenvalue weighted by molar-refractivity contribution is -0.385. The van der Waals surface area contributed by atoms with Gasteiger partial charge in [-0.2, -0.15) is 5.26 Å². The SMILES string of the molecule is Cc1ccc(C(=O)NCC(C)C#N)cc1[N+](=O)[O-]. The van der Waals surface area contributed by atoms with Gasteiger partial charge in [0.05, 0.1) is 16.9 Å². The van der Waals surface area contributed by atoms with Gasteiger partial charge in [0.1, 0.15) is 0 Å². The molecule has 6 heteroatoms. The second-order valence-electron chi connectivity index (χ2n) is 4.00. The Labute approximate surface area is 104 Å². The molecule has 18 heavy (non-hydrogen) atoms. The summed E-state index contributed by atoms with van der Waals surface area (Å²) >= 11 is 0. The summed E-state index contributed by atoms with van der Waals surface area (Å²) in [6.07, 6.45) is 0. The van der Waals surface area contributed by atoms with Gasteiger partial charge in [0.15, 0.2) is 0 Å². The number of carbonyl (C=O) groups excluding carboxylic acids is 1. The maximum Gasteiger partial charge on any atom is 0.273 e. The zero-order valence-electron chi connectivity index (χ0n) is 10.1. The summed E-state index contributed by atoms with van der Waals surface area (Å²) in [5.41, 5.74) is 0.635. The van der Waals surface area contributed by atoms with E-state index in [9.17, 15) is 14.9 Å². The van der Waals surface area contributed by atoms with Crippen molar-refractivity contribution < 1.29 is 9.72 Å². The standard InChI is InChI=1S/C12H13N3O3/c1-8(6-13)7-14-12(16)10-4-3-9(2)11(5-10)15(17)18/h3-5,8H,7H2,1-2H3,(H,14,16). The molecule has 1 rings (SSSR count). The van der Waals surface area contributed by atoms with Gasteiger partial charge in [0.25, 0.3) is 11.6 Å². The zero-order valence-corrected chi connectivity index (χ0v) is 10.1. The monoisotopic (exact) mass is 247 g/mol. The van der Waals surface area contributed by atoms with Crippen molar-refractivity contribution in [3.8, 4) is 6.07 Å². The molecular weight excluding hydrogens is 234 g/mol. The maximum atomic E-state index is 11.7. The van der Waals surface area contributed by atoms with Gasteiger partial charge >= 0.3 is 0 Å². The van der Waals surface area contributed by atoms with Crippen LogP contribution in [-0.4, -0.2) is 17.4 Å². The molecule has 1 atom stereocenters. The number of nitriles is 1. The summed E-state index contributed by atoms with van der Waals surface area (Å²) in [4.78, 5) is 21.9. The molecule has 1 aromatic rings. The van der Waals surface area contributed by atoms with Crippen molar-refractivity contribution in [1.82, 2.24) is 5.32 Å². The molecule has 0 aromatic heterocycles. The van der Waals surface area contributed by atoms with Gasteiger partial charge in [0, 0.05) is 23.7 Å². The highest BCUT2D eigenvalue weighted by atomic mass is 16.6. The molecule has 0 heterocycles. The van der Waals surface area contributed by atoms with Crippen molar-refractivity contribution in [1.29, 1.82) is 5.26 Å². The molecule has 1 unspecified atom stereocenters. The van der Waals surface area contributed by atoms with Gasteiger partial charge in [-0.05, 0) is 19.9 Å². The lowest BCUT2D eigenvalue weighted by Gasteiger charge is -2.06. The van der Waals surface area contributed by atoms with E-state index in [1.54, 1.807) is 13.8 Å². The van der Waals surface area contributed by atoms with E-state index in [4.69, 9.17) is 5.26 Å². The highest BCUT2D eigenvalue weighted by molar-refractivity contribution is 5.95. The third-order valence-electron chi connectivity index (χ3n) is 2.46. The quantitative estimate of drug-likeness (QED) is 0.648. The van der Waals surface area contributed by atoms with Crippen molar-refractivity contribution in [2.24, 2.45) is 5.92 Å². The molecule has 0 aliphatic heterocycles. The van der Waals surface area contributed by atoms with Crippen LogP contribution in [-0.2, 0) is 0 Å². The lowest BCUT2D eigenvalue weighted by Crippen LogP contribution is -2.27. The summed E-state index contributed by atoms with van der Waals surface area (Å²) in [6.45, 7) is 3.51. The predicted octanol–water partition coefficient (Wildman–Crippen LogP) is 1.79. The Morgan fingerprint density at radius 3 is 2.83 bits per heavy atom. The minimum atomic E-state index is -0.524. The largest absolute Gasteiger partial charge is 0.351 e. The number of rotatable bonds is 4. The van der Waals surface area contributed by atoms with Crippen LogP contribution in [0.4, 0.5) is 5.69 Å². The van der Waals surface area contributed by atoms with Crippen molar-refractivity contribution in [3.63, 3.8) is 0 Å². The summed E-state index contributed by atoms with van der Waals surface area (Å²) < 4.78 is 0. The van der Waals surface area contributed by atoms with E-state index in [0.717, 1.165) is 0 Å². The fraction of sp³-hybridized carbons (Fsp3) is 0.333. The number of benzene rings is 1. The van der Waals surface area contributed by atoms with Crippen LogP contribution in [0.25, 0.3) is 0 Å². The van der Waals surface area contributed by atoms with Crippen molar-refractivity contribution in [2.45, 2.75) is 13.8 Å². The number of carbonyl (C=O) groups is 1. The normalized spacial score (nSPS) is 11.4. The molecule has 6 nitrogen and oxygen atoms in total. The summed E-state index contributed by atoms with van der Waals surface area (Å²) in [6, 6.07) is 6.28. The fourth-order valence-electron chi connectivity index (χ4n) is 1.34. The van der Waals surface area contributed by atoms with Gasteiger partial charge < -0.3 is 5.32 Å². The second-order valence-corrected chi connectivity index (χ2v) is 4.00. The number of aryl methyl sites for hydroxylation is 1. The zero-order chi connectivity index (χ0) is 13.7. The minimum absolute atomic E-state index is 0.0871. The Bertz CT molecular complexity index is 520. The molecule has 0 aliphatic carbocycles. The molecule has 0 radical (unpaired) electrons. The number of nitro benzene ring substituents is 1. The molecule has 0 bridgehead atoms. The van der Waals surface area contributed by atoms with Crippen LogP contribution in [0.5, 0.6) is 0 Å². The summed E-state index contributed by atoms with van der Waals surface area (Å²) in [5, 5.41) is 21.9. The smallest absolute Gasteiger partial charge is 0.273 e. The Balaban J connectivity index is 2.84. The van der Waals surface area contributed by atoms with Crippen LogP contribution in [0.1, 0.15) is 22.8 Å². The van der Waals surface area contributed by atoms with Crippen LogP contribution >= 0.6 is 0 Å². The Kier molecular flexibility index (Phi) is 4.38. The number of hydrogen-bond donors (Lipinski definition) is 1. The summed E-state index contributed by atoms with van der Waals surface area (Å²) in [5.74, 6) is -0.713. The van der Waals surface area contributed by atoms with Crippen LogP contribution in [0.15, 0.2) is 18.2 Å². The molecule has 0 fully saturated rings. The number of amides is 1. The predicted molar refractivity (Wildman–Crippen MR) is 64.9 cm³/mol. The number of hydrogen-bond acceptors (Lipinski definition) is 4. The minimum Gasteiger partial charge on any atom is -0.351 e. The van der Waals surface area contributed by atoms with E-state index in [1.807, 2.05) is 6.07 Å². The maximum absolute atomic E-state index is 11.7. The molecule has 0 aliphatic rings. The van der Waals surface area contributed by atoms with Gasteiger partial charge in [-0.1, -0.05) is 6.07 Å². The molecule has 1 N–H and O–H groups in total. The van der Waals surface area contributed by atoms with E-state index in [-0.39, 0.29) is 23.7 Å². The first kappa shape index (κ1) is 13.6. The van der Waals surface area contributed by atoms with E-state index in [1.165, 1.54) is 18.2 Å². The van der Waals surface area contributed by atoms with Crippen LogP contribution < -0.4 is 5.32 Å². The molecule has 1 aromatic carbocycles. The third-order valence-corrected chi connectivity index (χ3v) is 2.46. The Morgan fingerprint density at radius 2 is 2.28 bits per heavy atom. The van der Waals surface area contributed by atoms with Gasteiger partial charge in [0.2, 0.25) is 0 Å². The second kappa shape index (κ2) is 5.77.